The summed E-state index contributed by atoms with van der Waals surface area (Å²) in [6, 6.07) is 2.95. The van der Waals surface area contributed by atoms with Crippen LogP contribution in [0, 0.1) is 11.6 Å². The molecule has 6 nitrogen and oxygen atoms in total. The molecule has 0 spiro atoms. The second kappa shape index (κ2) is 7.46. The molecular formula is C19H25F2N3O3S. The van der Waals surface area contributed by atoms with E-state index in [4.69, 9.17) is 10.5 Å². The van der Waals surface area contributed by atoms with Gasteiger partial charge in [0.25, 0.3) is 0 Å². The van der Waals surface area contributed by atoms with Crippen molar-refractivity contribution in [2.45, 2.75) is 31.5 Å². The maximum absolute atomic E-state index is 14.1. The van der Waals surface area contributed by atoms with Crippen LogP contribution in [0.25, 0.3) is 0 Å². The fourth-order valence-corrected chi connectivity index (χ4v) is 5.43. The summed E-state index contributed by atoms with van der Waals surface area (Å²) in [6.45, 7) is 4.35. The van der Waals surface area contributed by atoms with Gasteiger partial charge in [-0.1, -0.05) is 0 Å². The molecule has 2 N–H and O–H groups in total. The van der Waals surface area contributed by atoms with E-state index in [2.05, 4.69) is 4.90 Å². The predicted molar refractivity (Wildman–Crippen MR) is 101 cm³/mol. The summed E-state index contributed by atoms with van der Waals surface area (Å²) in [5, 5.41) is 0. The molecule has 3 atom stereocenters. The van der Waals surface area contributed by atoms with Crippen molar-refractivity contribution in [1.82, 2.24) is 9.21 Å². The van der Waals surface area contributed by atoms with Crippen molar-refractivity contribution < 1.29 is 21.9 Å². The number of benzene rings is 1. The molecule has 1 aromatic carbocycles. The first-order chi connectivity index (χ1) is 13.3. The summed E-state index contributed by atoms with van der Waals surface area (Å²) in [5.74, 6) is -0.916. The fraction of sp³-hybridized carbons (Fsp3) is 0.579. The lowest BCUT2D eigenvalue weighted by Gasteiger charge is -2.39. The second-order valence-electron chi connectivity index (χ2n) is 7.75. The third kappa shape index (κ3) is 3.61. The Labute approximate surface area is 164 Å². The zero-order chi connectivity index (χ0) is 20.1. The number of nitrogens with two attached hydrogens (primary N) is 1. The third-order valence-electron chi connectivity index (χ3n) is 5.96. The topological polar surface area (TPSA) is 75.9 Å². The van der Waals surface area contributed by atoms with Crippen LogP contribution in [0.2, 0.25) is 0 Å². The van der Waals surface area contributed by atoms with E-state index < -0.39 is 33.8 Å². The lowest BCUT2D eigenvalue weighted by molar-refractivity contribution is -0.0467. The molecule has 4 rings (SSSR count). The highest BCUT2D eigenvalue weighted by molar-refractivity contribution is 7.89. The summed E-state index contributed by atoms with van der Waals surface area (Å²) in [7, 11) is -3.17. The van der Waals surface area contributed by atoms with Crippen LogP contribution in [0.4, 0.5) is 8.78 Å². The quantitative estimate of drug-likeness (QED) is 0.756. The molecule has 0 bridgehead atoms. The van der Waals surface area contributed by atoms with E-state index in [1.807, 2.05) is 0 Å². The fourth-order valence-electron chi connectivity index (χ4n) is 4.36. The Morgan fingerprint density at radius 3 is 2.46 bits per heavy atom. The Morgan fingerprint density at radius 1 is 1.18 bits per heavy atom. The van der Waals surface area contributed by atoms with Gasteiger partial charge in [-0.05, 0) is 42.7 Å². The van der Waals surface area contributed by atoms with Crippen LogP contribution in [0.3, 0.4) is 0 Å². The Balaban J connectivity index is 1.37. The molecule has 0 aromatic heterocycles. The van der Waals surface area contributed by atoms with Crippen molar-refractivity contribution in [2.24, 2.45) is 5.73 Å². The van der Waals surface area contributed by atoms with E-state index >= 15 is 0 Å². The molecule has 0 amide bonds. The standard InChI is InChI=1S/C19H25F2N3O3S/c1-2-28(25,26)24-9-12-7-23(8-13(12)10-24)15-6-18(22)19(27-11-15)16-5-14(20)3-4-17(16)21/h3-5,15,18-19H,2,6-11,22H2,1H3. The van der Waals surface area contributed by atoms with Gasteiger partial charge >= 0.3 is 0 Å². The van der Waals surface area contributed by atoms with Crippen molar-refractivity contribution in [2.75, 3.05) is 38.5 Å². The van der Waals surface area contributed by atoms with Crippen molar-refractivity contribution in [1.29, 1.82) is 0 Å². The number of hydrogen-bond donors (Lipinski definition) is 1. The molecule has 3 aliphatic heterocycles. The molecule has 154 valence electrons. The molecule has 0 saturated carbocycles. The van der Waals surface area contributed by atoms with E-state index in [0.717, 1.165) is 29.3 Å². The Hall–Kier alpha value is -1.39. The molecule has 1 aromatic rings. The molecule has 28 heavy (non-hydrogen) atoms. The predicted octanol–water partition coefficient (Wildman–Crippen LogP) is 1.40. The molecule has 1 saturated heterocycles. The van der Waals surface area contributed by atoms with Crippen LogP contribution in [0.1, 0.15) is 25.0 Å². The summed E-state index contributed by atoms with van der Waals surface area (Å²) < 4.78 is 59.1. The number of ether oxygens (including phenoxy) is 1. The first-order valence-corrected chi connectivity index (χ1v) is 11.1. The largest absolute Gasteiger partial charge is 0.370 e. The minimum absolute atomic E-state index is 0.0738. The SMILES string of the molecule is CCS(=O)(=O)N1CC2=C(CN(C3COC(c4cc(F)ccc4F)C(N)C3)C2)C1. The Bertz CT molecular complexity index is 888. The average Bonchev–Trinajstić information content (AvgIpc) is 3.23. The van der Waals surface area contributed by atoms with E-state index in [1.54, 1.807) is 11.2 Å². The monoisotopic (exact) mass is 413 g/mol. The van der Waals surface area contributed by atoms with Gasteiger partial charge in [-0.25, -0.2) is 17.2 Å². The van der Waals surface area contributed by atoms with E-state index in [9.17, 15) is 17.2 Å². The normalized spacial score (nSPS) is 29.5. The smallest absolute Gasteiger partial charge is 0.214 e. The van der Waals surface area contributed by atoms with Gasteiger partial charge in [0, 0.05) is 43.8 Å². The zero-order valence-electron chi connectivity index (χ0n) is 15.8. The average molecular weight is 413 g/mol. The minimum atomic E-state index is -3.17. The first-order valence-electron chi connectivity index (χ1n) is 9.52. The van der Waals surface area contributed by atoms with Crippen molar-refractivity contribution in [3.05, 3.63) is 46.5 Å². The van der Waals surface area contributed by atoms with Gasteiger partial charge in [0.1, 0.15) is 17.7 Å². The second-order valence-corrected chi connectivity index (χ2v) is 10.0. The molecule has 3 unspecified atom stereocenters. The number of halogens is 2. The molecule has 9 heteroatoms. The van der Waals surface area contributed by atoms with Gasteiger partial charge in [0.2, 0.25) is 10.0 Å². The molecule has 3 heterocycles. The van der Waals surface area contributed by atoms with Crippen LogP contribution in [-0.2, 0) is 14.8 Å². The molecule has 0 radical (unpaired) electrons. The van der Waals surface area contributed by atoms with Crippen LogP contribution in [-0.4, -0.2) is 68.2 Å². The van der Waals surface area contributed by atoms with E-state index in [1.165, 1.54) is 0 Å². The van der Waals surface area contributed by atoms with Gasteiger partial charge in [0.05, 0.1) is 12.4 Å². The minimum Gasteiger partial charge on any atom is -0.370 e. The summed E-state index contributed by atoms with van der Waals surface area (Å²) in [5.41, 5.74) is 8.73. The molecule has 3 aliphatic rings. The summed E-state index contributed by atoms with van der Waals surface area (Å²) in [6.07, 6.45) is -0.0578. The summed E-state index contributed by atoms with van der Waals surface area (Å²) in [4.78, 5) is 2.25. The van der Waals surface area contributed by atoms with Gasteiger partial charge in [-0.2, -0.15) is 4.31 Å². The molecule has 0 aliphatic carbocycles. The highest BCUT2D eigenvalue weighted by Gasteiger charge is 2.40. The van der Waals surface area contributed by atoms with Crippen LogP contribution in [0.5, 0.6) is 0 Å². The third-order valence-corrected chi connectivity index (χ3v) is 7.74. The Morgan fingerprint density at radius 2 is 1.86 bits per heavy atom. The van der Waals surface area contributed by atoms with Gasteiger partial charge in [-0.15, -0.1) is 0 Å². The molecular weight excluding hydrogens is 388 g/mol. The maximum Gasteiger partial charge on any atom is 0.214 e. The number of hydrogen-bond acceptors (Lipinski definition) is 5. The van der Waals surface area contributed by atoms with Gasteiger partial charge in [-0.3, -0.25) is 4.90 Å². The highest BCUT2D eigenvalue weighted by atomic mass is 32.2. The van der Waals surface area contributed by atoms with Crippen LogP contribution >= 0.6 is 0 Å². The number of rotatable bonds is 4. The van der Waals surface area contributed by atoms with Crippen LogP contribution in [0.15, 0.2) is 29.3 Å². The van der Waals surface area contributed by atoms with Gasteiger partial charge in [0.15, 0.2) is 0 Å². The van der Waals surface area contributed by atoms with Gasteiger partial charge < -0.3 is 10.5 Å². The molecule has 1 fully saturated rings. The van der Waals surface area contributed by atoms with E-state index in [0.29, 0.717) is 39.2 Å². The number of sulfonamides is 1. The summed E-state index contributed by atoms with van der Waals surface area (Å²) >= 11 is 0. The van der Waals surface area contributed by atoms with Crippen LogP contribution < -0.4 is 5.73 Å². The highest BCUT2D eigenvalue weighted by Crippen LogP contribution is 2.34. The number of nitrogens with zero attached hydrogens (tertiary/aromatic N) is 2. The van der Waals surface area contributed by atoms with Crippen molar-refractivity contribution in [3.8, 4) is 0 Å². The Kier molecular flexibility index (Phi) is 5.30. The lowest BCUT2D eigenvalue weighted by Crippen LogP contribution is -2.49. The van der Waals surface area contributed by atoms with Crippen molar-refractivity contribution in [3.63, 3.8) is 0 Å². The first kappa shape index (κ1) is 19.9. The zero-order valence-corrected chi connectivity index (χ0v) is 16.6. The van der Waals surface area contributed by atoms with Crippen molar-refractivity contribution >= 4 is 10.0 Å². The van der Waals surface area contributed by atoms with E-state index in [-0.39, 0.29) is 17.4 Å². The lowest BCUT2D eigenvalue weighted by atomic mass is 9.93. The maximum atomic E-state index is 14.1.